The van der Waals surface area contributed by atoms with Gasteiger partial charge in [-0.25, -0.2) is 0 Å². The van der Waals surface area contributed by atoms with E-state index in [9.17, 15) is 0 Å². The van der Waals surface area contributed by atoms with Gasteiger partial charge in [-0.1, -0.05) is 12.1 Å². The predicted molar refractivity (Wildman–Crippen MR) is 89.0 cm³/mol. The average molecular weight is 295 g/mol. The molecule has 20 heavy (non-hydrogen) atoms. The average Bonchev–Trinajstić information content (AvgIpc) is 2.44. The Bertz CT molecular complexity index is 410. The minimum absolute atomic E-state index is 0.621. The van der Waals surface area contributed by atoms with Gasteiger partial charge in [0.25, 0.3) is 0 Å². The van der Waals surface area contributed by atoms with Crippen LogP contribution in [0.2, 0.25) is 0 Å². The first-order valence-electron chi connectivity index (χ1n) is 6.97. The summed E-state index contributed by atoms with van der Waals surface area (Å²) in [4.78, 5) is 4.48. The maximum Gasteiger partial charge on any atom is 0.191 e. The Morgan fingerprint density at radius 1 is 1.35 bits per heavy atom. The van der Waals surface area contributed by atoms with Crippen LogP contribution in [-0.4, -0.2) is 44.2 Å². The van der Waals surface area contributed by atoms with Crippen LogP contribution >= 0.6 is 11.8 Å². The van der Waals surface area contributed by atoms with Crippen LogP contribution in [-0.2, 0) is 0 Å². The standard InChI is InChI=1S/C15H25N3OS/c1-4-16-15(18-9-11-20-3)17-8-10-19-14-7-5-6-13(2)12-14/h5-7,12H,4,8-11H2,1-3H3,(H2,16,17,18). The molecule has 5 heteroatoms. The number of nitrogens with one attached hydrogen (secondary N) is 2. The van der Waals surface area contributed by atoms with Gasteiger partial charge in [0.2, 0.25) is 0 Å². The largest absolute Gasteiger partial charge is 0.492 e. The summed E-state index contributed by atoms with van der Waals surface area (Å²) >= 11 is 1.80. The number of aryl methyl sites for hydroxylation is 1. The molecule has 0 aliphatic heterocycles. The van der Waals surface area contributed by atoms with Crippen molar-refractivity contribution in [3.8, 4) is 5.75 Å². The van der Waals surface area contributed by atoms with E-state index >= 15 is 0 Å². The minimum atomic E-state index is 0.621. The molecule has 0 atom stereocenters. The van der Waals surface area contributed by atoms with Gasteiger partial charge in [-0.2, -0.15) is 11.8 Å². The quantitative estimate of drug-likeness (QED) is 0.439. The third-order valence-corrected chi connectivity index (χ3v) is 3.15. The number of guanidine groups is 1. The van der Waals surface area contributed by atoms with Crippen LogP contribution in [0.4, 0.5) is 0 Å². The number of aliphatic imine (C=N–C) groups is 1. The van der Waals surface area contributed by atoms with E-state index in [0.29, 0.717) is 6.61 Å². The van der Waals surface area contributed by atoms with E-state index in [1.165, 1.54) is 5.56 Å². The molecule has 0 radical (unpaired) electrons. The van der Waals surface area contributed by atoms with Gasteiger partial charge in [-0.05, 0) is 37.8 Å². The fourth-order valence-corrected chi connectivity index (χ4v) is 1.91. The first-order valence-corrected chi connectivity index (χ1v) is 8.36. The molecule has 0 spiro atoms. The molecule has 0 saturated heterocycles. The summed E-state index contributed by atoms with van der Waals surface area (Å²) in [5.74, 6) is 2.81. The number of hydrogen-bond donors (Lipinski definition) is 2. The molecule has 2 N–H and O–H groups in total. The van der Waals surface area contributed by atoms with Crippen molar-refractivity contribution in [2.75, 3.05) is 38.2 Å². The molecule has 0 aromatic heterocycles. The Labute approximate surface area is 126 Å². The number of nitrogens with zero attached hydrogens (tertiary/aromatic N) is 1. The molecule has 0 aliphatic carbocycles. The van der Waals surface area contributed by atoms with Gasteiger partial charge in [-0.3, -0.25) is 4.99 Å². The zero-order chi connectivity index (χ0) is 14.6. The van der Waals surface area contributed by atoms with E-state index in [4.69, 9.17) is 4.74 Å². The molecule has 1 rings (SSSR count). The second-order valence-corrected chi connectivity index (χ2v) is 5.33. The molecule has 0 fully saturated rings. The lowest BCUT2D eigenvalue weighted by Gasteiger charge is -2.12. The molecule has 0 aliphatic rings. The third kappa shape index (κ3) is 7.28. The lowest BCUT2D eigenvalue weighted by Crippen LogP contribution is -2.39. The van der Waals surface area contributed by atoms with Gasteiger partial charge in [-0.15, -0.1) is 0 Å². The summed E-state index contributed by atoms with van der Waals surface area (Å²) in [6, 6.07) is 8.08. The minimum Gasteiger partial charge on any atom is -0.492 e. The molecular weight excluding hydrogens is 270 g/mol. The van der Waals surface area contributed by atoms with Crippen molar-refractivity contribution in [1.29, 1.82) is 0 Å². The van der Waals surface area contributed by atoms with Crippen molar-refractivity contribution in [1.82, 2.24) is 10.6 Å². The summed E-state index contributed by atoms with van der Waals surface area (Å²) in [7, 11) is 0. The first kappa shape index (κ1) is 16.7. The normalized spacial score (nSPS) is 11.2. The maximum atomic E-state index is 5.69. The first-order chi connectivity index (χ1) is 9.76. The van der Waals surface area contributed by atoms with E-state index in [1.807, 2.05) is 18.2 Å². The molecule has 0 saturated carbocycles. The Balaban J connectivity index is 2.27. The molecule has 112 valence electrons. The van der Waals surface area contributed by atoms with E-state index < -0.39 is 0 Å². The van der Waals surface area contributed by atoms with Crippen LogP contribution in [0.15, 0.2) is 29.3 Å². The molecule has 1 aromatic rings. The van der Waals surface area contributed by atoms with Crippen molar-refractivity contribution in [3.63, 3.8) is 0 Å². The monoisotopic (exact) mass is 295 g/mol. The van der Waals surface area contributed by atoms with Crippen molar-refractivity contribution in [2.24, 2.45) is 4.99 Å². The van der Waals surface area contributed by atoms with Crippen molar-refractivity contribution in [2.45, 2.75) is 13.8 Å². The highest BCUT2D eigenvalue weighted by Crippen LogP contribution is 2.11. The van der Waals surface area contributed by atoms with E-state index in [-0.39, 0.29) is 0 Å². The molecule has 0 bridgehead atoms. The van der Waals surface area contributed by atoms with Crippen molar-refractivity contribution in [3.05, 3.63) is 29.8 Å². The summed E-state index contributed by atoms with van der Waals surface area (Å²) in [6.07, 6.45) is 2.09. The van der Waals surface area contributed by atoms with Crippen LogP contribution < -0.4 is 15.4 Å². The topological polar surface area (TPSA) is 45.7 Å². The summed E-state index contributed by atoms with van der Waals surface area (Å²) in [5.41, 5.74) is 1.21. The number of benzene rings is 1. The summed E-state index contributed by atoms with van der Waals surface area (Å²) in [6.45, 7) is 7.18. The Hall–Kier alpha value is -1.36. The molecule has 4 nitrogen and oxygen atoms in total. The predicted octanol–water partition coefficient (Wildman–Crippen LogP) is 2.29. The van der Waals surface area contributed by atoms with Gasteiger partial charge in [0.15, 0.2) is 5.96 Å². The fraction of sp³-hybridized carbons (Fsp3) is 0.533. The summed E-state index contributed by atoms with van der Waals surface area (Å²) in [5, 5.41) is 6.49. The number of ether oxygens (including phenoxy) is 1. The van der Waals surface area contributed by atoms with Crippen LogP contribution in [0, 0.1) is 6.92 Å². The van der Waals surface area contributed by atoms with Gasteiger partial charge in [0.1, 0.15) is 12.4 Å². The zero-order valence-electron chi connectivity index (χ0n) is 12.6. The number of hydrogen-bond acceptors (Lipinski definition) is 3. The van der Waals surface area contributed by atoms with Crippen LogP contribution in [0.25, 0.3) is 0 Å². The molecule has 0 unspecified atom stereocenters. The summed E-state index contributed by atoms with van der Waals surface area (Å²) < 4.78 is 5.69. The Morgan fingerprint density at radius 3 is 2.90 bits per heavy atom. The van der Waals surface area contributed by atoms with E-state index in [2.05, 4.69) is 41.8 Å². The van der Waals surface area contributed by atoms with Crippen molar-refractivity contribution < 1.29 is 4.74 Å². The van der Waals surface area contributed by atoms with E-state index in [0.717, 1.165) is 37.1 Å². The highest BCUT2D eigenvalue weighted by molar-refractivity contribution is 7.98. The molecule has 1 aromatic carbocycles. The Morgan fingerprint density at radius 2 is 2.20 bits per heavy atom. The smallest absolute Gasteiger partial charge is 0.191 e. The van der Waals surface area contributed by atoms with Gasteiger partial charge >= 0.3 is 0 Å². The second kappa shape index (κ2) is 10.4. The molecular formula is C15H25N3OS. The SMILES string of the molecule is CCNC(=NCCSC)NCCOc1cccc(C)c1. The van der Waals surface area contributed by atoms with Gasteiger partial charge in [0, 0.05) is 12.3 Å². The second-order valence-electron chi connectivity index (χ2n) is 4.35. The molecule has 0 amide bonds. The fourth-order valence-electron chi connectivity index (χ4n) is 1.63. The maximum absolute atomic E-state index is 5.69. The third-order valence-electron chi connectivity index (χ3n) is 2.56. The van der Waals surface area contributed by atoms with Gasteiger partial charge in [0.05, 0.1) is 13.1 Å². The Kier molecular flexibility index (Phi) is 8.71. The lowest BCUT2D eigenvalue weighted by atomic mass is 10.2. The highest BCUT2D eigenvalue weighted by Gasteiger charge is 1.97. The van der Waals surface area contributed by atoms with Crippen molar-refractivity contribution >= 4 is 17.7 Å². The lowest BCUT2D eigenvalue weighted by molar-refractivity contribution is 0.321. The van der Waals surface area contributed by atoms with Gasteiger partial charge < -0.3 is 15.4 Å². The highest BCUT2D eigenvalue weighted by atomic mass is 32.2. The number of rotatable bonds is 8. The number of thioether (sulfide) groups is 1. The zero-order valence-corrected chi connectivity index (χ0v) is 13.4. The van der Waals surface area contributed by atoms with Crippen LogP contribution in [0.1, 0.15) is 12.5 Å². The molecule has 0 heterocycles. The van der Waals surface area contributed by atoms with Crippen LogP contribution in [0.3, 0.4) is 0 Å². The van der Waals surface area contributed by atoms with Crippen LogP contribution in [0.5, 0.6) is 5.75 Å². The van der Waals surface area contributed by atoms with E-state index in [1.54, 1.807) is 11.8 Å².